The first-order chi connectivity index (χ1) is 8.17. The minimum Gasteiger partial charge on any atom is -0.504 e. The number of aromatic hydroxyl groups is 1. The standard InChI is InChI=1S/C13H21NO3/c1-3-11(15)6-7-14-9-10-4-5-13(17-2)12(16)8-10/h4-5,8,11,14-16H,3,6-7,9H2,1-2H3. The van der Waals surface area contributed by atoms with Crippen molar-refractivity contribution in [2.75, 3.05) is 13.7 Å². The van der Waals surface area contributed by atoms with Crippen LogP contribution in [0.4, 0.5) is 0 Å². The van der Waals surface area contributed by atoms with Gasteiger partial charge in [0, 0.05) is 6.54 Å². The van der Waals surface area contributed by atoms with Crippen molar-refractivity contribution in [3.63, 3.8) is 0 Å². The second kappa shape index (κ2) is 7.14. The maximum absolute atomic E-state index is 9.58. The van der Waals surface area contributed by atoms with Crippen molar-refractivity contribution in [2.45, 2.75) is 32.4 Å². The summed E-state index contributed by atoms with van der Waals surface area (Å²) in [5.41, 5.74) is 0.995. The van der Waals surface area contributed by atoms with E-state index in [4.69, 9.17) is 4.74 Å². The monoisotopic (exact) mass is 239 g/mol. The third-order valence-corrected chi connectivity index (χ3v) is 2.70. The predicted molar refractivity (Wildman–Crippen MR) is 67.3 cm³/mol. The Morgan fingerprint density at radius 2 is 2.18 bits per heavy atom. The molecule has 4 heteroatoms. The largest absolute Gasteiger partial charge is 0.504 e. The van der Waals surface area contributed by atoms with Crippen LogP contribution in [0.2, 0.25) is 0 Å². The van der Waals surface area contributed by atoms with Crippen LogP contribution in [0.5, 0.6) is 11.5 Å². The minimum atomic E-state index is -0.230. The Labute approximate surface area is 102 Å². The second-order valence-corrected chi connectivity index (χ2v) is 4.03. The topological polar surface area (TPSA) is 61.7 Å². The lowest BCUT2D eigenvalue weighted by Gasteiger charge is -2.10. The molecule has 0 fully saturated rings. The van der Waals surface area contributed by atoms with Crippen molar-refractivity contribution in [2.24, 2.45) is 0 Å². The molecule has 1 aromatic rings. The van der Waals surface area contributed by atoms with Crippen molar-refractivity contribution in [1.82, 2.24) is 5.32 Å². The molecule has 0 aliphatic carbocycles. The van der Waals surface area contributed by atoms with Crippen LogP contribution >= 0.6 is 0 Å². The Bertz CT molecular complexity index is 341. The Hall–Kier alpha value is -1.26. The van der Waals surface area contributed by atoms with E-state index in [1.54, 1.807) is 12.1 Å². The number of ether oxygens (including phenoxy) is 1. The highest BCUT2D eigenvalue weighted by Gasteiger charge is 2.03. The zero-order valence-electron chi connectivity index (χ0n) is 10.4. The highest BCUT2D eigenvalue weighted by atomic mass is 16.5. The fourth-order valence-electron chi connectivity index (χ4n) is 1.55. The first-order valence-corrected chi connectivity index (χ1v) is 5.92. The number of hydrogen-bond acceptors (Lipinski definition) is 4. The molecule has 0 saturated heterocycles. The Balaban J connectivity index is 2.34. The molecule has 4 nitrogen and oxygen atoms in total. The van der Waals surface area contributed by atoms with Gasteiger partial charge in [0.1, 0.15) is 0 Å². The lowest BCUT2D eigenvalue weighted by molar-refractivity contribution is 0.159. The Kier molecular flexibility index (Phi) is 5.80. The Morgan fingerprint density at radius 3 is 2.76 bits per heavy atom. The van der Waals surface area contributed by atoms with E-state index in [1.807, 2.05) is 13.0 Å². The molecule has 1 unspecified atom stereocenters. The zero-order chi connectivity index (χ0) is 12.7. The molecule has 0 radical (unpaired) electrons. The fraction of sp³-hybridized carbons (Fsp3) is 0.538. The van der Waals surface area contributed by atoms with Crippen molar-refractivity contribution < 1.29 is 14.9 Å². The van der Waals surface area contributed by atoms with Gasteiger partial charge in [0.05, 0.1) is 13.2 Å². The normalized spacial score (nSPS) is 12.4. The van der Waals surface area contributed by atoms with Crippen LogP contribution in [0.15, 0.2) is 18.2 Å². The van der Waals surface area contributed by atoms with Crippen LogP contribution in [-0.4, -0.2) is 30.0 Å². The first kappa shape index (κ1) is 13.8. The number of aliphatic hydroxyl groups excluding tert-OH is 1. The molecule has 0 aromatic heterocycles. The number of phenols is 1. The molecule has 0 aliphatic heterocycles. The molecule has 17 heavy (non-hydrogen) atoms. The predicted octanol–water partition coefficient (Wildman–Crippen LogP) is 1.65. The summed E-state index contributed by atoms with van der Waals surface area (Å²) < 4.78 is 4.97. The van der Waals surface area contributed by atoms with E-state index in [2.05, 4.69) is 5.32 Å². The van der Waals surface area contributed by atoms with Crippen molar-refractivity contribution in [3.8, 4) is 11.5 Å². The lowest BCUT2D eigenvalue weighted by atomic mass is 10.2. The van der Waals surface area contributed by atoms with Crippen LogP contribution in [0, 0.1) is 0 Å². The molecule has 0 spiro atoms. The van der Waals surface area contributed by atoms with E-state index in [0.717, 1.165) is 24.9 Å². The van der Waals surface area contributed by atoms with E-state index < -0.39 is 0 Å². The lowest BCUT2D eigenvalue weighted by Crippen LogP contribution is -2.19. The molecule has 0 bridgehead atoms. The summed E-state index contributed by atoms with van der Waals surface area (Å²) in [6.45, 7) is 3.40. The van der Waals surface area contributed by atoms with E-state index in [-0.39, 0.29) is 11.9 Å². The van der Waals surface area contributed by atoms with Crippen LogP contribution in [-0.2, 0) is 6.54 Å². The SMILES string of the molecule is CCC(O)CCNCc1ccc(OC)c(O)c1. The second-order valence-electron chi connectivity index (χ2n) is 4.03. The van der Waals surface area contributed by atoms with Gasteiger partial charge in [-0.15, -0.1) is 0 Å². The van der Waals surface area contributed by atoms with Crippen molar-refractivity contribution in [1.29, 1.82) is 0 Å². The zero-order valence-corrected chi connectivity index (χ0v) is 10.4. The number of benzene rings is 1. The first-order valence-electron chi connectivity index (χ1n) is 5.92. The van der Waals surface area contributed by atoms with Gasteiger partial charge in [-0.25, -0.2) is 0 Å². The summed E-state index contributed by atoms with van der Waals surface area (Å²) in [4.78, 5) is 0. The minimum absolute atomic E-state index is 0.153. The number of phenolic OH excluding ortho intramolecular Hbond substituents is 1. The molecule has 1 atom stereocenters. The van der Waals surface area contributed by atoms with Crippen LogP contribution in [0.25, 0.3) is 0 Å². The summed E-state index contributed by atoms with van der Waals surface area (Å²) >= 11 is 0. The molecule has 96 valence electrons. The van der Waals surface area contributed by atoms with Crippen molar-refractivity contribution >= 4 is 0 Å². The maximum atomic E-state index is 9.58. The summed E-state index contributed by atoms with van der Waals surface area (Å²) in [5.74, 6) is 0.635. The van der Waals surface area contributed by atoms with Gasteiger partial charge in [-0.3, -0.25) is 0 Å². The Morgan fingerprint density at radius 1 is 1.41 bits per heavy atom. The van der Waals surface area contributed by atoms with E-state index in [9.17, 15) is 10.2 Å². The highest BCUT2D eigenvalue weighted by molar-refractivity contribution is 5.41. The van der Waals surface area contributed by atoms with E-state index in [0.29, 0.717) is 12.3 Å². The van der Waals surface area contributed by atoms with Crippen LogP contribution < -0.4 is 10.1 Å². The third-order valence-electron chi connectivity index (χ3n) is 2.70. The maximum Gasteiger partial charge on any atom is 0.160 e. The molecular formula is C13H21NO3. The van der Waals surface area contributed by atoms with Gasteiger partial charge in [-0.2, -0.15) is 0 Å². The molecule has 0 aliphatic rings. The molecule has 1 aromatic carbocycles. The third kappa shape index (κ3) is 4.63. The van der Waals surface area contributed by atoms with E-state index >= 15 is 0 Å². The van der Waals surface area contributed by atoms with Gasteiger partial charge in [0.15, 0.2) is 11.5 Å². The highest BCUT2D eigenvalue weighted by Crippen LogP contribution is 2.25. The van der Waals surface area contributed by atoms with Crippen molar-refractivity contribution in [3.05, 3.63) is 23.8 Å². The molecule has 0 saturated carbocycles. The average molecular weight is 239 g/mol. The number of aliphatic hydroxyl groups is 1. The summed E-state index contributed by atoms with van der Waals surface area (Å²) in [6, 6.07) is 5.33. The van der Waals surface area contributed by atoms with Gasteiger partial charge < -0.3 is 20.3 Å². The summed E-state index contributed by atoms with van der Waals surface area (Å²) in [7, 11) is 1.53. The molecule has 0 heterocycles. The van der Waals surface area contributed by atoms with Gasteiger partial charge in [-0.05, 0) is 37.1 Å². The summed E-state index contributed by atoms with van der Waals surface area (Å²) in [5, 5.41) is 22.2. The fourth-order valence-corrected chi connectivity index (χ4v) is 1.55. The number of methoxy groups -OCH3 is 1. The number of nitrogens with one attached hydrogen (secondary N) is 1. The van der Waals surface area contributed by atoms with Gasteiger partial charge in [0.25, 0.3) is 0 Å². The van der Waals surface area contributed by atoms with Crippen LogP contribution in [0.3, 0.4) is 0 Å². The van der Waals surface area contributed by atoms with E-state index in [1.165, 1.54) is 7.11 Å². The molecule has 3 N–H and O–H groups in total. The van der Waals surface area contributed by atoms with Crippen LogP contribution in [0.1, 0.15) is 25.3 Å². The molecule has 1 rings (SSSR count). The van der Waals surface area contributed by atoms with Gasteiger partial charge in [0.2, 0.25) is 0 Å². The number of rotatable bonds is 7. The van der Waals surface area contributed by atoms with Gasteiger partial charge in [-0.1, -0.05) is 13.0 Å². The summed E-state index contributed by atoms with van der Waals surface area (Å²) in [6.07, 6.45) is 1.30. The number of hydrogen-bond donors (Lipinski definition) is 3. The average Bonchev–Trinajstić information content (AvgIpc) is 2.34. The smallest absolute Gasteiger partial charge is 0.160 e. The van der Waals surface area contributed by atoms with Gasteiger partial charge >= 0.3 is 0 Å². The molecule has 0 amide bonds. The quantitative estimate of drug-likeness (QED) is 0.633. The molecular weight excluding hydrogens is 218 g/mol.